The predicted molar refractivity (Wildman–Crippen MR) is 109 cm³/mol. The zero-order chi connectivity index (χ0) is 19.1. The van der Waals surface area contributed by atoms with Gasteiger partial charge in [0.2, 0.25) is 5.91 Å². The summed E-state index contributed by atoms with van der Waals surface area (Å²) in [7, 11) is 0. The van der Waals surface area contributed by atoms with E-state index in [0.717, 1.165) is 62.3 Å². The quantitative estimate of drug-likeness (QED) is 0.773. The highest BCUT2D eigenvalue weighted by Gasteiger charge is 2.22. The van der Waals surface area contributed by atoms with Crippen molar-refractivity contribution in [3.63, 3.8) is 0 Å². The van der Waals surface area contributed by atoms with Crippen molar-refractivity contribution < 1.29 is 9.53 Å². The zero-order valence-corrected chi connectivity index (χ0v) is 17.1. The molecule has 1 aromatic rings. The fourth-order valence-electron chi connectivity index (χ4n) is 3.88. The molecule has 0 radical (unpaired) electrons. The first-order valence-electron chi connectivity index (χ1n) is 10.2. The fourth-order valence-corrected chi connectivity index (χ4v) is 4.00. The third-order valence-corrected chi connectivity index (χ3v) is 5.95. The summed E-state index contributed by atoms with van der Waals surface area (Å²) in [6.45, 7) is 8.26. The number of nitrogens with one attached hydrogen (secondary N) is 1. The zero-order valence-electron chi connectivity index (χ0n) is 16.3. The summed E-state index contributed by atoms with van der Waals surface area (Å²) in [5, 5.41) is 3.95. The molecule has 2 aliphatic rings. The minimum absolute atomic E-state index is 0.189. The van der Waals surface area contributed by atoms with Gasteiger partial charge in [-0.25, -0.2) is 0 Å². The molecule has 1 aliphatic carbocycles. The summed E-state index contributed by atoms with van der Waals surface area (Å²) in [5.41, 5.74) is 0. The van der Waals surface area contributed by atoms with E-state index in [0.29, 0.717) is 19.2 Å². The van der Waals surface area contributed by atoms with E-state index in [1.54, 1.807) is 0 Å². The average molecular weight is 394 g/mol. The van der Waals surface area contributed by atoms with E-state index < -0.39 is 0 Å². The first kappa shape index (κ1) is 20.4. The molecular weight excluding hydrogens is 362 g/mol. The number of carbonyl (C=O) groups excluding carboxylic acids is 1. The summed E-state index contributed by atoms with van der Waals surface area (Å²) in [5.74, 6) is 1.86. The molecule has 1 N–H and O–H groups in total. The number of ether oxygens (including phenoxy) is 1. The van der Waals surface area contributed by atoms with E-state index in [9.17, 15) is 4.79 Å². The van der Waals surface area contributed by atoms with E-state index in [4.69, 9.17) is 16.3 Å². The number of halogens is 1. The van der Waals surface area contributed by atoms with Crippen molar-refractivity contribution >= 4 is 17.5 Å². The Hall–Kier alpha value is -1.30. The van der Waals surface area contributed by atoms with Crippen molar-refractivity contribution in [2.75, 3.05) is 45.9 Å². The highest BCUT2D eigenvalue weighted by atomic mass is 35.5. The van der Waals surface area contributed by atoms with Gasteiger partial charge in [-0.05, 0) is 55.9 Å². The number of hydrogen-bond donors (Lipinski definition) is 1. The standard InChI is InChI=1S/C21H32ClN3O2/c1-17-2-6-19(7-3-17)23-21(26)16-25-12-10-24(11-13-25)14-15-27-20-8-4-18(22)5-9-20/h4-5,8-9,17,19H,2-3,6-7,10-16H2,1H3,(H,23,26). The Morgan fingerprint density at radius 2 is 1.70 bits per heavy atom. The molecule has 0 aromatic heterocycles. The highest BCUT2D eigenvalue weighted by Crippen LogP contribution is 2.23. The lowest BCUT2D eigenvalue weighted by Gasteiger charge is -2.34. The molecule has 27 heavy (non-hydrogen) atoms. The lowest BCUT2D eigenvalue weighted by Crippen LogP contribution is -2.51. The fraction of sp³-hybridized carbons (Fsp3) is 0.667. The third-order valence-electron chi connectivity index (χ3n) is 5.70. The monoisotopic (exact) mass is 393 g/mol. The van der Waals surface area contributed by atoms with E-state index in [1.165, 1.54) is 12.8 Å². The van der Waals surface area contributed by atoms with Crippen LogP contribution in [-0.2, 0) is 4.79 Å². The van der Waals surface area contributed by atoms with Crippen LogP contribution in [0.1, 0.15) is 32.6 Å². The van der Waals surface area contributed by atoms with Crippen LogP contribution in [-0.4, -0.2) is 67.6 Å². The van der Waals surface area contributed by atoms with Gasteiger partial charge in [0.25, 0.3) is 0 Å². The predicted octanol–water partition coefficient (Wildman–Crippen LogP) is 3.03. The van der Waals surface area contributed by atoms with Gasteiger partial charge in [-0.3, -0.25) is 14.6 Å². The summed E-state index contributed by atoms with van der Waals surface area (Å²) in [6.07, 6.45) is 4.74. The third kappa shape index (κ3) is 6.98. The SMILES string of the molecule is CC1CCC(NC(=O)CN2CCN(CCOc3ccc(Cl)cc3)CC2)CC1. The molecule has 3 rings (SSSR count). The molecule has 150 valence electrons. The lowest BCUT2D eigenvalue weighted by molar-refractivity contribution is -0.123. The minimum Gasteiger partial charge on any atom is -0.492 e. The van der Waals surface area contributed by atoms with E-state index in [2.05, 4.69) is 22.0 Å². The summed E-state index contributed by atoms with van der Waals surface area (Å²) in [6, 6.07) is 7.86. The first-order chi connectivity index (χ1) is 13.1. The number of rotatable bonds is 7. The van der Waals surface area contributed by atoms with Crippen LogP contribution in [0.3, 0.4) is 0 Å². The van der Waals surface area contributed by atoms with E-state index in [-0.39, 0.29) is 5.91 Å². The Balaban J connectivity index is 1.28. The molecule has 1 aromatic carbocycles. The maximum absolute atomic E-state index is 12.3. The van der Waals surface area contributed by atoms with Gasteiger partial charge in [-0.15, -0.1) is 0 Å². The molecule has 0 atom stereocenters. The second-order valence-corrected chi connectivity index (χ2v) is 8.38. The van der Waals surface area contributed by atoms with Crippen molar-refractivity contribution in [2.45, 2.75) is 38.6 Å². The van der Waals surface area contributed by atoms with Gasteiger partial charge < -0.3 is 10.1 Å². The molecule has 1 heterocycles. The van der Waals surface area contributed by atoms with Crippen molar-refractivity contribution in [1.82, 2.24) is 15.1 Å². The van der Waals surface area contributed by atoms with E-state index in [1.807, 2.05) is 24.3 Å². The minimum atomic E-state index is 0.189. The number of nitrogens with zero attached hydrogens (tertiary/aromatic N) is 2. The van der Waals surface area contributed by atoms with Crippen LogP contribution in [0.5, 0.6) is 5.75 Å². The maximum Gasteiger partial charge on any atom is 0.234 e. The van der Waals surface area contributed by atoms with Crippen LogP contribution in [0.4, 0.5) is 0 Å². The van der Waals surface area contributed by atoms with Gasteiger partial charge in [0.15, 0.2) is 0 Å². The van der Waals surface area contributed by atoms with Crippen molar-refractivity contribution in [3.05, 3.63) is 29.3 Å². The molecule has 0 bridgehead atoms. The molecule has 6 heteroatoms. The molecule has 1 saturated heterocycles. The van der Waals surface area contributed by atoms with Crippen molar-refractivity contribution in [2.24, 2.45) is 5.92 Å². The largest absolute Gasteiger partial charge is 0.492 e. The summed E-state index contributed by atoms with van der Waals surface area (Å²) >= 11 is 5.88. The topological polar surface area (TPSA) is 44.8 Å². The van der Waals surface area contributed by atoms with Crippen LogP contribution in [0.2, 0.25) is 5.02 Å². The normalized spacial score (nSPS) is 24.5. The van der Waals surface area contributed by atoms with Gasteiger partial charge in [0.1, 0.15) is 12.4 Å². The second kappa shape index (κ2) is 10.3. The Labute approximate surface area is 168 Å². The van der Waals surface area contributed by atoms with Gasteiger partial charge in [-0.2, -0.15) is 0 Å². The second-order valence-electron chi connectivity index (χ2n) is 7.94. The smallest absolute Gasteiger partial charge is 0.234 e. The number of benzene rings is 1. The Morgan fingerprint density at radius 1 is 1.07 bits per heavy atom. The first-order valence-corrected chi connectivity index (χ1v) is 10.6. The van der Waals surface area contributed by atoms with Crippen LogP contribution in [0, 0.1) is 5.92 Å². The van der Waals surface area contributed by atoms with Crippen LogP contribution in [0.25, 0.3) is 0 Å². The average Bonchev–Trinajstić information content (AvgIpc) is 2.67. The number of hydrogen-bond acceptors (Lipinski definition) is 4. The molecule has 2 fully saturated rings. The van der Waals surface area contributed by atoms with Gasteiger partial charge in [0, 0.05) is 43.8 Å². The van der Waals surface area contributed by atoms with Crippen LogP contribution in [0.15, 0.2) is 24.3 Å². The van der Waals surface area contributed by atoms with Crippen molar-refractivity contribution in [1.29, 1.82) is 0 Å². The molecule has 1 saturated carbocycles. The maximum atomic E-state index is 12.3. The molecular formula is C21H32ClN3O2. The van der Waals surface area contributed by atoms with Crippen LogP contribution < -0.4 is 10.1 Å². The molecule has 1 aliphatic heterocycles. The Kier molecular flexibility index (Phi) is 7.80. The van der Waals surface area contributed by atoms with Gasteiger partial charge >= 0.3 is 0 Å². The van der Waals surface area contributed by atoms with E-state index >= 15 is 0 Å². The summed E-state index contributed by atoms with van der Waals surface area (Å²) < 4.78 is 5.77. The summed E-state index contributed by atoms with van der Waals surface area (Å²) in [4.78, 5) is 17.0. The van der Waals surface area contributed by atoms with Gasteiger partial charge in [-0.1, -0.05) is 18.5 Å². The Bertz CT molecular complexity index is 580. The number of piperazine rings is 1. The van der Waals surface area contributed by atoms with Gasteiger partial charge in [0.05, 0.1) is 6.54 Å². The lowest BCUT2D eigenvalue weighted by atomic mass is 9.87. The molecule has 1 amide bonds. The number of amides is 1. The van der Waals surface area contributed by atoms with Crippen molar-refractivity contribution in [3.8, 4) is 5.75 Å². The Morgan fingerprint density at radius 3 is 2.37 bits per heavy atom. The molecule has 5 nitrogen and oxygen atoms in total. The number of carbonyl (C=O) groups is 1. The van der Waals surface area contributed by atoms with Crippen LogP contribution >= 0.6 is 11.6 Å². The highest BCUT2D eigenvalue weighted by molar-refractivity contribution is 6.30. The molecule has 0 unspecified atom stereocenters. The molecule has 0 spiro atoms.